The Morgan fingerprint density at radius 3 is 2.33 bits per heavy atom. The highest BCUT2D eigenvalue weighted by molar-refractivity contribution is 7.80. The van der Waals surface area contributed by atoms with Crippen LogP contribution in [0.1, 0.15) is 11.1 Å². The van der Waals surface area contributed by atoms with Crippen molar-refractivity contribution in [3.63, 3.8) is 0 Å². The smallest absolute Gasteiger partial charge is 0.407 e. The van der Waals surface area contributed by atoms with E-state index < -0.39 is 6.09 Å². The molecule has 124 valence electrons. The van der Waals surface area contributed by atoms with Crippen molar-refractivity contribution in [2.75, 3.05) is 6.54 Å². The summed E-state index contributed by atoms with van der Waals surface area (Å²) in [7, 11) is 0. The summed E-state index contributed by atoms with van der Waals surface area (Å²) in [5.74, 6) is 0. The van der Waals surface area contributed by atoms with Gasteiger partial charge in [0.05, 0.1) is 12.3 Å². The van der Waals surface area contributed by atoms with Gasteiger partial charge in [-0.3, -0.25) is 5.43 Å². The third-order valence-electron chi connectivity index (χ3n) is 3.02. The fourth-order valence-corrected chi connectivity index (χ4v) is 1.93. The van der Waals surface area contributed by atoms with Gasteiger partial charge in [-0.15, -0.1) is 0 Å². The Morgan fingerprint density at radius 2 is 1.71 bits per heavy atom. The molecule has 2 aromatic rings. The molecule has 0 aromatic heterocycles. The molecule has 4 N–H and O–H groups in total. The maximum atomic E-state index is 11.8. The number of thiocarbonyl (C=S) groups is 1. The summed E-state index contributed by atoms with van der Waals surface area (Å²) >= 11 is 4.74. The zero-order valence-corrected chi connectivity index (χ0v) is 13.8. The van der Waals surface area contributed by atoms with Crippen molar-refractivity contribution >= 4 is 29.1 Å². The molecule has 0 aliphatic heterocycles. The van der Waals surface area contributed by atoms with Gasteiger partial charge in [0.2, 0.25) is 0 Å². The van der Waals surface area contributed by atoms with Crippen molar-refractivity contribution in [1.82, 2.24) is 10.7 Å². The van der Waals surface area contributed by atoms with Crippen LogP contribution in [0.2, 0.25) is 0 Å². The lowest BCUT2D eigenvalue weighted by atomic mass is 10.1. The number of nitrogens with zero attached hydrogens (tertiary/aromatic N) is 1. The Hall–Kier alpha value is -2.93. The number of alkyl carbamates (subject to hydrolysis) is 1. The molecular weight excluding hydrogens is 324 g/mol. The molecule has 2 aromatic carbocycles. The van der Waals surface area contributed by atoms with E-state index in [9.17, 15) is 4.79 Å². The SMILES string of the molecule is NC(=S)NN=C(CNC(=O)OCc1ccccc1)c1ccccc1. The first-order valence-corrected chi connectivity index (χ1v) is 7.68. The van der Waals surface area contributed by atoms with Crippen LogP contribution in [0.25, 0.3) is 0 Å². The second-order valence-electron chi connectivity index (χ2n) is 4.82. The highest BCUT2D eigenvalue weighted by atomic mass is 32.1. The summed E-state index contributed by atoms with van der Waals surface area (Å²) in [6.07, 6.45) is -0.530. The van der Waals surface area contributed by atoms with Crippen LogP contribution in [0.5, 0.6) is 0 Å². The first kappa shape index (κ1) is 17.4. The second kappa shape index (κ2) is 9.26. The molecule has 0 radical (unpaired) electrons. The molecule has 0 heterocycles. The van der Waals surface area contributed by atoms with Gasteiger partial charge in [0, 0.05) is 0 Å². The van der Waals surface area contributed by atoms with E-state index in [0.29, 0.717) is 5.71 Å². The molecule has 0 saturated heterocycles. The van der Waals surface area contributed by atoms with E-state index >= 15 is 0 Å². The lowest BCUT2D eigenvalue weighted by Crippen LogP contribution is -2.33. The zero-order chi connectivity index (χ0) is 17.2. The van der Waals surface area contributed by atoms with Crippen molar-refractivity contribution in [3.05, 3.63) is 71.8 Å². The van der Waals surface area contributed by atoms with Crippen LogP contribution < -0.4 is 16.5 Å². The van der Waals surface area contributed by atoms with Gasteiger partial charge in [-0.05, 0) is 23.3 Å². The normalized spacial score (nSPS) is 10.8. The van der Waals surface area contributed by atoms with Gasteiger partial charge in [-0.25, -0.2) is 4.79 Å². The number of hydrogen-bond donors (Lipinski definition) is 3. The topological polar surface area (TPSA) is 88.7 Å². The molecule has 0 spiro atoms. The number of benzene rings is 2. The zero-order valence-electron chi connectivity index (χ0n) is 12.9. The summed E-state index contributed by atoms with van der Waals surface area (Å²) in [5.41, 5.74) is 10.3. The quantitative estimate of drug-likeness (QED) is 0.425. The maximum absolute atomic E-state index is 11.8. The fraction of sp³-hybridized carbons (Fsp3) is 0.118. The molecule has 7 heteroatoms. The minimum Gasteiger partial charge on any atom is -0.445 e. The van der Waals surface area contributed by atoms with Gasteiger partial charge in [0.15, 0.2) is 5.11 Å². The molecule has 24 heavy (non-hydrogen) atoms. The number of hydrogen-bond acceptors (Lipinski definition) is 4. The molecule has 6 nitrogen and oxygen atoms in total. The maximum Gasteiger partial charge on any atom is 0.407 e. The summed E-state index contributed by atoms with van der Waals surface area (Å²) in [4.78, 5) is 11.8. The molecule has 2 rings (SSSR count). The molecule has 1 amide bonds. The molecular formula is C17H18N4O2S. The molecule has 0 atom stereocenters. The van der Waals surface area contributed by atoms with E-state index in [2.05, 4.69) is 15.8 Å². The Labute approximate surface area is 145 Å². The van der Waals surface area contributed by atoms with E-state index in [1.807, 2.05) is 60.7 Å². The van der Waals surface area contributed by atoms with Gasteiger partial charge in [-0.1, -0.05) is 60.7 Å². The van der Waals surface area contributed by atoms with Crippen molar-refractivity contribution in [2.45, 2.75) is 6.61 Å². The van der Waals surface area contributed by atoms with Gasteiger partial charge in [0.25, 0.3) is 0 Å². The van der Waals surface area contributed by atoms with E-state index in [0.717, 1.165) is 11.1 Å². The number of amides is 1. The van der Waals surface area contributed by atoms with Gasteiger partial charge >= 0.3 is 6.09 Å². The summed E-state index contributed by atoms with van der Waals surface area (Å²) < 4.78 is 5.16. The van der Waals surface area contributed by atoms with E-state index in [1.165, 1.54) is 0 Å². The molecule has 0 saturated carbocycles. The fourth-order valence-electron chi connectivity index (χ4n) is 1.89. The van der Waals surface area contributed by atoms with Gasteiger partial charge < -0.3 is 15.8 Å². The van der Waals surface area contributed by atoms with Crippen LogP contribution in [-0.2, 0) is 11.3 Å². The van der Waals surface area contributed by atoms with Crippen LogP contribution in [0.15, 0.2) is 65.8 Å². The van der Waals surface area contributed by atoms with Crippen molar-refractivity contribution in [1.29, 1.82) is 0 Å². The Bertz CT molecular complexity index is 705. The Morgan fingerprint density at radius 1 is 1.08 bits per heavy atom. The van der Waals surface area contributed by atoms with Crippen LogP contribution in [0.4, 0.5) is 4.79 Å². The number of carbonyl (C=O) groups excluding carboxylic acids is 1. The molecule has 0 aliphatic rings. The van der Waals surface area contributed by atoms with Gasteiger partial charge in [-0.2, -0.15) is 5.10 Å². The van der Waals surface area contributed by atoms with Crippen molar-refractivity contribution in [2.24, 2.45) is 10.8 Å². The highest BCUT2D eigenvalue weighted by Crippen LogP contribution is 2.02. The lowest BCUT2D eigenvalue weighted by Gasteiger charge is -2.10. The minimum atomic E-state index is -0.530. The van der Waals surface area contributed by atoms with Crippen molar-refractivity contribution < 1.29 is 9.53 Å². The predicted octanol–water partition coefficient (Wildman–Crippen LogP) is 2.15. The monoisotopic (exact) mass is 342 g/mol. The molecule has 0 fully saturated rings. The molecule has 0 unspecified atom stereocenters. The number of rotatable bonds is 6. The number of ether oxygens (including phenoxy) is 1. The van der Waals surface area contributed by atoms with E-state index in [4.69, 9.17) is 22.7 Å². The summed E-state index contributed by atoms with van der Waals surface area (Å²) in [5, 5.41) is 6.82. The Kier molecular flexibility index (Phi) is 6.73. The Balaban J connectivity index is 1.91. The summed E-state index contributed by atoms with van der Waals surface area (Å²) in [6.45, 7) is 0.378. The molecule has 0 aliphatic carbocycles. The highest BCUT2D eigenvalue weighted by Gasteiger charge is 2.08. The summed E-state index contributed by atoms with van der Waals surface area (Å²) in [6, 6.07) is 18.8. The van der Waals surface area contributed by atoms with E-state index in [-0.39, 0.29) is 18.3 Å². The van der Waals surface area contributed by atoms with Crippen molar-refractivity contribution in [3.8, 4) is 0 Å². The second-order valence-corrected chi connectivity index (χ2v) is 5.26. The van der Waals surface area contributed by atoms with Crippen LogP contribution in [0, 0.1) is 0 Å². The van der Waals surface area contributed by atoms with Crippen LogP contribution in [-0.4, -0.2) is 23.5 Å². The number of nitrogens with one attached hydrogen (secondary N) is 2. The van der Waals surface area contributed by atoms with E-state index in [1.54, 1.807) is 0 Å². The number of nitrogens with two attached hydrogens (primary N) is 1. The largest absolute Gasteiger partial charge is 0.445 e. The van der Waals surface area contributed by atoms with Crippen LogP contribution >= 0.6 is 12.2 Å². The first-order valence-electron chi connectivity index (χ1n) is 7.27. The minimum absolute atomic E-state index is 0.0510. The van der Waals surface area contributed by atoms with Crippen LogP contribution in [0.3, 0.4) is 0 Å². The predicted molar refractivity (Wildman–Crippen MR) is 97.5 cm³/mol. The third-order valence-corrected chi connectivity index (χ3v) is 3.11. The average Bonchev–Trinajstić information content (AvgIpc) is 2.61. The van der Waals surface area contributed by atoms with Gasteiger partial charge in [0.1, 0.15) is 6.61 Å². The standard InChI is InChI=1S/C17H18N4O2S/c18-16(24)21-20-15(14-9-5-2-6-10-14)11-19-17(22)23-12-13-7-3-1-4-8-13/h1-10H,11-12H2,(H,19,22)(H3,18,21,24). The lowest BCUT2D eigenvalue weighted by molar-refractivity contribution is 0.141. The molecule has 0 bridgehead atoms. The average molecular weight is 342 g/mol. The number of carbonyl (C=O) groups is 1. The first-order chi connectivity index (χ1) is 11.6. The number of hydrazone groups is 1. The third kappa shape index (κ3) is 6.05.